The van der Waals surface area contributed by atoms with Crippen LogP contribution in [0.3, 0.4) is 0 Å². The molecular weight excluding hydrogens is 242 g/mol. The minimum atomic E-state index is -1.66. The molecule has 0 aliphatic heterocycles. The predicted octanol–water partition coefficient (Wildman–Crippen LogP) is 1.66. The van der Waals surface area contributed by atoms with Gasteiger partial charge in [-0.3, -0.25) is 0 Å². The van der Waals surface area contributed by atoms with Gasteiger partial charge in [0, 0.05) is 0 Å². The van der Waals surface area contributed by atoms with Gasteiger partial charge in [0.1, 0.15) is 11.3 Å². The maximum Gasteiger partial charge on any atom is 0.145 e. The molecule has 0 saturated heterocycles. The molecule has 0 radical (unpaired) electrons. The van der Waals surface area contributed by atoms with Crippen LogP contribution in [0.4, 0.5) is 0 Å². The van der Waals surface area contributed by atoms with Gasteiger partial charge in [0.15, 0.2) is 0 Å². The lowest BCUT2D eigenvalue weighted by Crippen LogP contribution is -2.67. The van der Waals surface area contributed by atoms with E-state index in [9.17, 15) is 15.3 Å². The van der Waals surface area contributed by atoms with Gasteiger partial charge in [-0.05, 0) is 31.6 Å². The van der Waals surface area contributed by atoms with Crippen molar-refractivity contribution in [1.82, 2.24) is 0 Å². The van der Waals surface area contributed by atoms with Crippen LogP contribution in [-0.4, -0.2) is 32.7 Å². The number of aliphatic hydroxyl groups is 3. The molecule has 19 heavy (non-hydrogen) atoms. The molecule has 2 rings (SSSR count). The third-order valence-corrected chi connectivity index (χ3v) is 5.24. The number of nitrogens with two attached hydrogens (primary N) is 1. The summed E-state index contributed by atoms with van der Waals surface area (Å²) in [5, 5.41) is 31.1. The van der Waals surface area contributed by atoms with Gasteiger partial charge in [0.25, 0.3) is 0 Å². The lowest BCUT2D eigenvalue weighted by Gasteiger charge is -2.47. The van der Waals surface area contributed by atoms with Crippen LogP contribution >= 0.6 is 0 Å². The van der Waals surface area contributed by atoms with Crippen LogP contribution < -0.4 is 5.73 Å². The molecule has 0 unspecified atom stereocenters. The molecule has 4 nitrogen and oxygen atoms in total. The molecule has 4 heteroatoms. The molecule has 2 aliphatic rings. The van der Waals surface area contributed by atoms with Gasteiger partial charge in [-0.1, -0.05) is 44.9 Å². The van der Waals surface area contributed by atoms with Gasteiger partial charge in [-0.15, -0.1) is 0 Å². The minimum absolute atomic E-state index is 0.380. The van der Waals surface area contributed by atoms with Crippen LogP contribution in [0.25, 0.3) is 0 Å². The van der Waals surface area contributed by atoms with E-state index in [0.29, 0.717) is 25.2 Å². The molecule has 0 bridgehead atoms. The van der Waals surface area contributed by atoms with E-state index < -0.39 is 17.4 Å². The van der Waals surface area contributed by atoms with E-state index in [2.05, 4.69) is 0 Å². The maximum absolute atomic E-state index is 10.6. The number of aliphatic hydroxyl groups excluding tert-OH is 1. The van der Waals surface area contributed by atoms with Crippen molar-refractivity contribution in [2.24, 2.45) is 11.7 Å². The molecule has 0 aromatic carbocycles. The monoisotopic (exact) mass is 271 g/mol. The molecule has 2 saturated carbocycles. The van der Waals surface area contributed by atoms with Crippen LogP contribution in [0.2, 0.25) is 0 Å². The second kappa shape index (κ2) is 6.08. The van der Waals surface area contributed by atoms with Crippen molar-refractivity contribution in [1.29, 1.82) is 0 Å². The zero-order valence-electron chi connectivity index (χ0n) is 11.9. The fraction of sp³-hybridized carbons (Fsp3) is 1.00. The van der Waals surface area contributed by atoms with Gasteiger partial charge in [-0.25, -0.2) is 0 Å². The third-order valence-electron chi connectivity index (χ3n) is 5.24. The van der Waals surface area contributed by atoms with Gasteiger partial charge in [-0.2, -0.15) is 0 Å². The molecule has 0 amide bonds. The van der Waals surface area contributed by atoms with Gasteiger partial charge in [0.05, 0.1) is 6.10 Å². The van der Waals surface area contributed by atoms with Crippen LogP contribution in [0.1, 0.15) is 70.6 Å². The summed E-state index contributed by atoms with van der Waals surface area (Å²) in [6.07, 6.45) is 9.21. The van der Waals surface area contributed by atoms with Gasteiger partial charge < -0.3 is 21.1 Å². The zero-order valence-corrected chi connectivity index (χ0v) is 11.9. The Balaban J connectivity index is 1.92. The molecular formula is C15H29NO3. The molecule has 0 heterocycles. The fourth-order valence-corrected chi connectivity index (χ4v) is 3.76. The molecule has 2 fully saturated rings. The van der Waals surface area contributed by atoms with Crippen molar-refractivity contribution in [2.45, 2.75) is 88.1 Å². The highest BCUT2D eigenvalue weighted by atomic mass is 16.4. The number of hydrogen-bond acceptors (Lipinski definition) is 4. The number of rotatable bonds is 4. The van der Waals surface area contributed by atoms with Crippen LogP contribution in [0, 0.1) is 5.92 Å². The number of hydrogen-bond donors (Lipinski definition) is 4. The minimum Gasteiger partial charge on any atom is -0.390 e. The standard InChI is InChI=1S/C15H29NO3/c16-15(19,11-9-12-6-2-1-3-7-12)14(18)10-5-4-8-13(14)17/h12-13,17-19H,1-11,16H2/t13-,14-,15+/m0/s1. The Bertz CT molecular complexity index is 289. The Hall–Kier alpha value is -0.160. The summed E-state index contributed by atoms with van der Waals surface area (Å²) in [4.78, 5) is 0. The highest BCUT2D eigenvalue weighted by molar-refractivity contribution is 5.02. The van der Waals surface area contributed by atoms with Crippen LogP contribution in [0.15, 0.2) is 0 Å². The highest BCUT2D eigenvalue weighted by Crippen LogP contribution is 2.38. The Morgan fingerprint density at radius 2 is 1.68 bits per heavy atom. The SMILES string of the molecule is N[C@@](O)(CCC1CCCCC1)[C@]1(O)CCCC[C@@H]1O. The largest absolute Gasteiger partial charge is 0.390 e. The molecule has 5 N–H and O–H groups in total. The van der Waals surface area contributed by atoms with Crippen molar-refractivity contribution in [2.75, 3.05) is 0 Å². The summed E-state index contributed by atoms with van der Waals surface area (Å²) in [6.45, 7) is 0. The van der Waals surface area contributed by atoms with E-state index in [-0.39, 0.29) is 0 Å². The first-order valence-corrected chi connectivity index (χ1v) is 7.87. The first-order chi connectivity index (χ1) is 8.96. The molecule has 0 aromatic heterocycles. The summed E-state index contributed by atoms with van der Waals surface area (Å²) >= 11 is 0. The first kappa shape index (κ1) is 15.2. The average Bonchev–Trinajstić information content (AvgIpc) is 2.41. The predicted molar refractivity (Wildman–Crippen MR) is 74.4 cm³/mol. The van der Waals surface area contributed by atoms with E-state index >= 15 is 0 Å². The van der Waals surface area contributed by atoms with Crippen LogP contribution in [0.5, 0.6) is 0 Å². The van der Waals surface area contributed by atoms with E-state index in [4.69, 9.17) is 5.73 Å². The summed E-state index contributed by atoms with van der Waals surface area (Å²) < 4.78 is 0. The third kappa shape index (κ3) is 3.30. The second-order valence-corrected chi connectivity index (χ2v) is 6.65. The quantitative estimate of drug-likeness (QED) is 0.586. The molecule has 0 aromatic rings. The van der Waals surface area contributed by atoms with Crippen molar-refractivity contribution in [3.63, 3.8) is 0 Å². The van der Waals surface area contributed by atoms with Gasteiger partial charge >= 0.3 is 0 Å². The van der Waals surface area contributed by atoms with Crippen molar-refractivity contribution in [3.05, 3.63) is 0 Å². The van der Waals surface area contributed by atoms with E-state index in [1.54, 1.807) is 0 Å². The van der Waals surface area contributed by atoms with Crippen LogP contribution in [-0.2, 0) is 0 Å². The van der Waals surface area contributed by atoms with E-state index in [1.165, 1.54) is 32.1 Å². The Morgan fingerprint density at radius 3 is 2.32 bits per heavy atom. The fourth-order valence-electron chi connectivity index (χ4n) is 3.76. The molecule has 112 valence electrons. The van der Waals surface area contributed by atoms with E-state index in [1.807, 2.05) is 0 Å². The topological polar surface area (TPSA) is 86.7 Å². The van der Waals surface area contributed by atoms with E-state index in [0.717, 1.165) is 19.3 Å². The first-order valence-electron chi connectivity index (χ1n) is 7.87. The summed E-state index contributed by atoms with van der Waals surface area (Å²) in [7, 11) is 0. The summed E-state index contributed by atoms with van der Waals surface area (Å²) in [6, 6.07) is 0. The van der Waals surface area contributed by atoms with Crippen molar-refractivity contribution >= 4 is 0 Å². The second-order valence-electron chi connectivity index (χ2n) is 6.65. The Kier molecular flexibility index (Phi) is 4.88. The molecule has 2 aliphatic carbocycles. The zero-order chi connectivity index (χ0) is 13.9. The lowest BCUT2D eigenvalue weighted by molar-refractivity contribution is -0.218. The average molecular weight is 271 g/mol. The van der Waals surface area contributed by atoms with Gasteiger partial charge in [0.2, 0.25) is 0 Å². The Morgan fingerprint density at radius 1 is 1.05 bits per heavy atom. The normalized spacial score (nSPS) is 36.9. The smallest absolute Gasteiger partial charge is 0.145 e. The highest BCUT2D eigenvalue weighted by Gasteiger charge is 2.52. The van der Waals surface area contributed by atoms with Crippen molar-refractivity contribution < 1.29 is 15.3 Å². The van der Waals surface area contributed by atoms with Crippen molar-refractivity contribution in [3.8, 4) is 0 Å². The maximum atomic E-state index is 10.6. The molecule has 0 spiro atoms. The molecule has 3 atom stereocenters. The summed E-state index contributed by atoms with van der Waals surface area (Å²) in [5.74, 6) is 0.619. The summed E-state index contributed by atoms with van der Waals surface area (Å²) in [5.41, 5.74) is 2.79. The lowest BCUT2D eigenvalue weighted by atomic mass is 9.72. The Labute approximate surface area is 116 Å².